The Morgan fingerprint density at radius 3 is 2.75 bits per heavy atom. The Balaban J connectivity index is 1.97. The molecule has 0 saturated heterocycles. The summed E-state index contributed by atoms with van der Waals surface area (Å²) in [7, 11) is 1.63. The van der Waals surface area contributed by atoms with Gasteiger partial charge in [-0.1, -0.05) is 6.92 Å². The summed E-state index contributed by atoms with van der Waals surface area (Å²) >= 11 is 0. The van der Waals surface area contributed by atoms with Gasteiger partial charge in [-0.15, -0.1) is 0 Å². The van der Waals surface area contributed by atoms with Gasteiger partial charge in [0.2, 0.25) is 0 Å². The summed E-state index contributed by atoms with van der Waals surface area (Å²) < 4.78 is 11.0. The maximum absolute atomic E-state index is 5.77. The Kier molecular flexibility index (Phi) is 3.22. The van der Waals surface area contributed by atoms with Crippen LogP contribution in [0.3, 0.4) is 0 Å². The highest BCUT2D eigenvalue weighted by molar-refractivity contribution is 5.51. The first kappa shape index (κ1) is 11.1. The Morgan fingerprint density at radius 2 is 2.12 bits per heavy atom. The molecule has 1 unspecified atom stereocenters. The van der Waals surface area contributed by atoms with Crippen molar-refractivity contribution in [3.8, 4) is 11.5 Å². The van der Waals surface area contributed by atoms with Crippen molar-refractivity contribution in [3.05, 3.63) is 18.2 Å². The average molecular weight is 221 g/mol. The number of benzene rings is 1. The van der Waals surface area contributed by atoms with Crippen LogP contribution in [-0.4, -0.2) is 13.7 Å². The van der Waals surface area contributed by atoms with Gasteiger partial charge in [0.15, 0.2) is 11.5 Å². The third-order valence-electron chi connectivity index (χ3n) is 3.12. The van der Waals surface area contributed by atoms with Crippen molar-refractivity contribution in [2.24, 2.45) is 11.8 Å². The maximum Gasteiger partial charge on any atom is 0.162 e. The van der Waals surface area contributed by atoms with Crippen LogP contribution in [-0.2, 0) is 0 Å². The minimum atomic E-state index is 0.627. The van der Waals surface area contributed by atoms with Gasteiger partial charge in [0.05, 0.1) is 13.7 Å². The largest absolute Gasteiger partial charge is 0.493 e. The highest BCUT2D eigenvalue weighted by Gasteiger charge is 2.28. The van der Waals surface area contributed by atoms with Gasteiger partial charge < -0.3 is 15.2 Å². The van der Waals surface area contributed by atoms with E-state index in [0.29, 0.717) is 17.4 Å². The predicted octanol–water partition coefficient (Wildman–Crippen LogP) is 2.70. The third kappa shape index (κ3) is 2.60. The fourth-order valence-electron chi connectivity index (χ4n) is 1.83. The number of nitrogens with two attached hydrogens (primary N) is 1. The molecule has 88 valence electrons. The van der Waals surface area contributed by atoms with Gasteiger partial charge in [-0.3, -0.25) is 0 Å². The second-order valence-electron chi connectivity index (χ2n) is 4.54. The van der Waals surface area contributed by atoms with Crippen LogP contribution in [0, 0.1) is 11.8 Å². The average Bonchev–Trinajstić information content (AvgIpc) is 3.10. The van der Waals surface area contributed by atoms with Gasteiger partial charge in [-0.2, -0.15) is 0 Å². The molecule has 1 aromatic rings. The van der Waals surface area contributed by atoms with Crippen molar-refractivity contribution in [3.63, 3.8) is 0 Å². The van der Waals surface area contributed by atoms with Crippen LogP contribution >= 0.6 is 0 Å². The second-order valence-corrected chi connectivity index (χ2v) is 4.54. The molecule has 0 spiro atoms. The van der Waals surface area contributed by atoms with Gasteiger partial charge in [0.1, 0.15) is 0 Å². The minimum Gasteiger partial charge on any atom is -0.493 e. The molecule has 0 amide bonds. The minimum absolute atomic E-state index is 0.627. The monoisotopic (exact) mass is 221 g/mol. The topological polar surface area (TPSA) is 44.5 Å². The molecule has 1 aliphatic carbocycles. The third-order valence-corrected chi connectivity index (χ3v) is 3.12. The normalized spacial score (nSPS) is 16.9. The number of hydrogen-bond donors (Lipinski definition) is 1. The lowest BCUT2D eigenvalue weighted by atomic mass is 10.1. The first-order valence-corrected chi connectivity index (χ1v) is 5.77. The molecule has 1 aromatic carbocycles. The molecule has 1 aliphatic rings. The Labute approximate surface area is 96.5 Å². The van der Waals surface area contributed by atoms with E-state index in [1.165, 1.54) is 12.8 Å². The lowest BCUT2D eigenvalue weighted by Crippen LogP contribution is -2.10. The van der Waals surface area contributed by atoms with Crippen LogP contribution in [0.15, 0.2) is 18.2 Å². The van der Waals surface area contributed by atoms with Gasteiger partial charge in [0, 0.05) is 11.8 Å². The van der Waals surface area contributed by atoms with Crippen LogP contribution in [0.4, 0.5) is 5.69 Å². The zero-order chi connectivity index (χ0) is 11.5. The van der Waals surface area contributed by atoms with Crippen molar-refractivity contribution in [2.45, 2.75) is 19.8 Å². The zero-order valence-electron chi connectivity index (χ0n) is 9.90. The molecule has 1 fully saturated rings. The summed E-state index contributed by atoms with van der Waals surface area (Å²) in [5, 5.41) is 0. The van der Waals surface area contributed by atoms with Crippen LogP contribution in [0.1, 0.15) is 19.8 Å². The molecule has 0 aromatic heterocycles. The van der Waals surface area contributed by atoms with E-state index in [-0.39, 0.29) is 0 Å². The molecular weight excluding hydrogens is 202 g/mol. The van der Waals surface area contributed by atoms with Crippen molar-refractivity contribution in [1.82, 2.24) is 0 Å². The summed E-state index contributed by atoms with van der Waals surface area (Å²) in [4.78, 5) is 0. The SMILES string of the molecule is COc1cc(N)ccc1OCC(C)C1CC1. The van der Waals surface area contributed by atoms with E-state index in [9.17, 15) is 0 Å². The summed E-state index contributed by atoms with van der Waals surface area (Å²) in [5.74, 6) is 2.98. The van der Waals surface area contributed by atoms with Crippen molar-refractivity contribution >= 4 is 5.69 Å². The number of nitrogen functional groups attached to an aromatic ring is 1. The number of ether oxygens (including phenoxy) is 2. The van der Waals surface area contributed by atoms with Gasteiger partial charge in [0.25, 0.3) is 0 Å². The number of anilines is 1. The number of rotatable bonds is 5. The van der Waals surface area contributed by atoms with E-state index in [4.69, 9.17) is 15.2 Å². The molecule has 1 atom stereocenters. The quantitative estimate of drug-likeness (QED) is 0.777. The molecule has 0 radical (unpaired) electrons. The van der Waals surface area contributed by atoms with E-state index < -0.39 is 0 Å². The summed E-state index contributed by atoms with van der Waals surface area (Å²) in [6.45, 7) is 2.99. The predicted molar refractivity (Wildman–Crippen MR) is 64.8 cm³/mol. The lowest BCUT2D eigenvalue weighted by Gasteiger charge is -2.14. The molecule has 1 saturated carbocycles. The van der Waals surface area contributed by atoms with E-state index in [0.717, 1.165) is 18.3 Å². The van der Waals surface area contributed by atoms with Gasteiger partial charge in [-0.25, -0.2) is 0 Å². The molecule has 2 N–H and O–H groups in total. The van der Waals surface area contributed by atoms with Crippen LogP contribution in [0.5, 0.6) is 11.5 Å². The van der Waals surface area contributed by atoms with Crippen LogP contribution < -0.4 is 15.2 Å². The Hall–Kier alpha value is -1.38. The van der Waals surface area contributed by atoms with E-state index in [1.54, 1.807) is 13.2 Å². The molecular formula is C13H19NO2. The molecule has 16 heavy (non-hydrogen) atoms. The number of hydrogen-bond acceptors (Lipinski definition) is 3. The van der Waals surface area contributed by atoms with Crippen LogP contribution in [0.25, 0.3) is 0 Å². The molecule has 2 rings (SSSR count). The maximum atomic E-state index is 5.77. The van der Waals surface area contributed by atoms with Crippen LogP contribution in [0.2, 0.25) is 0 Å². The smallest absolute Gasteiger partial charge is 0.162 e. The molecule has 0 heterocycles. The Morgan fingerprint density at radius 1 is 1.38 bits per heavy atom. The molecule has 3 heteroatoms. The van der Waals surface area contributed by atoms with Crippen molar-refractivity contribution in [1.29, 1.82) is 0 Å². The highest BCUT2D eigenvalue weighted by Crippen LogP contribution is 2.37. The lowest BCUT2D eigenvalue weighted by molar-refractivity contribution is 0.234. The Bertz CT molecular complexity index is 361. The number of methoxy groups -OCH3 is 1. The fraction of sp³-hybridized carbons (Fsp3) is 0.538. The van der Waals surface area contributed by atoms with E-state index in [1.807, 2.05) is 12.1 Å². The summed E-state index contributed by atoms with van der Waals surface area (Å²) in [6, 6.07) is 5.49. The summed E-state index contributed by atoms with van der Waals surface area (Å²) in [6.07, 6.45) is 2.70. The first-order chi connectivity index (χ1) is 7.70. The second kappa shape index (κ2) is 4.64. The standard InChI is InChI=1S/C13H19NO2/c1-9(10-3-4-10)8-16-12-6-5-11(14)7-13(12)15-2/h5-7,9-10H,3-4,8,14H2,1-2H3. The first-order valence-electron chi connectivity index (χ1n) is 5.77. The van der Waals surface area contributed by atoms with Crippen molar-refractivity contribution in [2.75, 3.05) is 19.5 Å². The van der Waals surface area contributed by atoms with Crippen molar-refractivity contribution < 1.29 is 9.47 Å². The summed E-state index contributed by atoms with van der Waals surface area (Å²) in [5.41, 5.74) is 6.38. The molecule has 0 aliphatic heterocycles. The van der Waals surface area contributed by atoms with Gasteiger partial charge >= 0.3 is 0 Å². The highest BCUT2D eigenvalue weighted by atomic mass is 16.5. The van der Waals surface area contributed by atoms with Gasteiger partial charge in [-0.05, 0) is 36.8 Å². The molecule has 0 bridgehead atoms. The van der Waals surface area contributed by atoms with E-state index in [2.05, 4.69) is 6.92 Å². The fourth-order valence-corrected chi connectivity index (χ4v) is 1.83. The van der Waals surface area contributed by atoms with E-state index >= 15 is 0 Å². The zero-order valence-corrected chi connectivity index (χ0v) is 9.90. The molecule has 3 nitrogen and oxygen atoms in total.